The van der Waals surface area contributed by atoms with E-state index in [1.165, 1.54) is 29.4 Å². The van der Waals surface area contributed by atoms with Crippen molar-refractivity contribution >= 4 is 22.4 Å². The van der Waals surface area contributed by atoms with Crippen molar-refractivity contribution in [2.45, 2.75) is 6.43 Å². The largest absolute Gasteiger partial charge is 0.395 e. The second-order valence-corrected chi connectivity index (χ2v) is 4.22. The molecule has 1 heterocycles. The van der Waals surface area contributed by atoms with Gasteiger partial charge in [-0.2, -0.15) is 0 Å². The molecule has 0 bridgehead atoms. The maximum Gasteiger partial charge on any atom is 0.270 e. The number of nitro benzene ring substituents is 1. The number of halogens is 2. The third-order valence-corrected chi connectivity index (χ3v) is 2.84. The highest BCUT2D eigenvalue weighted by Crippen LogP contribution is 2.27. The van der Waals surface area contributed by atoms with Crippen LogP contribution in [0.25, 0.3) is 10.9 Å². The summed E-state index contributed by atoms with van der Waals surface area (Å²) in [4.78, 5) is 19.3. The van der Waals surface area contributed by atoms with Gasteiger partial charge >= 0.3 is 0 Å². The molecule has 112 valence electrons. The summed E-state index contributed by atoms with van der Waals surface area (Å²) >= 11 is 0. The molecule has 1 N–H and O–H groups in total. The smallest absolute Gasteiger partial charge is 0.270 e. The van der Waals surface area contributed by atoms with Crippen LogP contribution in [-0.4, -0.2) is 46.1 Å². The van der Waals surface area contributed by atoms with Crippen molar-refractivity contribution in [1.29, 1.82) is 0 Å². The second-order valence-electron chi connectivity index (χ2n) is 4.22. The Labute approximate surface area is 118 Å². The van der Waals surface area contributed by atoms with E-state index in [1.807, 2.05) is 0 Å². The molecule has 0 aliphatic carbocycles. The molecule has 7 nitrogen and oxygen atoms in total. The molecule has 0 amide bonds. The highest BCUT2D eigenvalue weighted by Gasteiger charge is 2.18. The van der Waals surface area contributed by atoms with Crippen LogP contribution in [0.5, 0.6) is 0 Å². The number of fused-ring (bicyclic) bond motifs is 1. The first-order valence-electron chi connectivity index (χ1n) is 6.06. The van der Waals surface area contributed by atoms with Crippen LogP contribution in [0, 0.1) is 10.1 Å². The summed E-state index contributed by atoms with van der Waals surface area (Å²) in [5.41, 5.74) is 0.224. The highest BCUT2D eigenvalue weighted by molar-refractivity contribution is 5.91. The van der Waals surface area contributed by atoms with Crippen molar-refractivity contribution in [2.75, 3.05) is 24.6 Å². The number of non-ortho nitro benzene ring substituents is 1. The first kappa shape index (κ1) is 15.0. The summed E-state index contributed by atoms with van der Waals surface area (Å²) in [6.07, 6.45) is -1.43. The fraction of sp³-hybridized carbons (Fsp3) is 0.333. The summed E-state index contributed by atoms with van der Waals surface area (Å²) in [5, 5.41) is 20.1. The number of hydrogen-bond donors (Lipinski definition) is 1. The van der Waals surface area contributed by atoms with E-state index in [0.29, 0.717) is 10.9 Å². The number of aliphatic hydroxyl groups excluding tert-OH is 1. The number of aliphatic hydroxyl groups is 1. The molecule has 0 atom stereocenters. The molecule has 0 fully saturated rings. The standard InChI is InChI=1S/C12H12F2N4O3/c13-11(14)6-17(3-4-19)12-9-5-8(18(20)21)1-2-10(9)15-7-16-12/h1-2,5,7,11,19H,3-4,6H2. The SMILES string of the molecule is O=[N+]([O-])c1ccc2ncnc(N(CCO)CC(F)F)c2c1. The fourth-order valence-electron chi connectivity index (χ4n) is 1.97. The van der Waals surface area contributed by atoms with E-state index < -0.39 is 17.9 Å². The van der Waals surface area contributed by atoms with Crippen LogP contribution in [0.1, 0.15) is 0 Å². The minimum Gasteiger partial charge on any atom is -0.395 e. The Morgan fingerprint density at radius 2 is 2.14 bits per heavy atom. The van der Waals surface area contributed by atoms with E-state index in [1.54, 1.807) is 0 Å². The Morgan fingerprint density at radius 3 is 2.76 bits per heavy atom. The Kier molecular flexibility index (Phi) is 4.53. The first-order chi connectivity index (χ1) is 10.0. The van der Waals surface area contributed by atoms with Crippen molar-refractivity contribution in [1.82, 2.24) is 9.97 Å². The van der Waals surface area contributed by atoms with Crippen LogP contribution in [0.3, 0.4) is 0 Å². The van der Waals surface area contributed by atoms with Gasteiger partial charge in [0.15, 0.2) is 0 Å². The lowest BCUT2D eigenvalue weighted by atomic mass is 10.2. The summed E-state index contributed by atoms with van der Waals surface area (Å²) < 4.78 is 25.3. The third-order valence-electron chi connectivity index (χ3n) is 2.84. The number of alkyl halides is 2. The maximum absolute atomic E-state index is 12.6. The van der Waals surface area contributed by atoms with Gasteiger partial charge in [0.2, 0.25) is 0 Å². The average molecular weight is 298 g/mol. The van der Waals surface area contributed by atoms with E-state index >= 15 is 0 Å². The van der Waals surface area contributed by atoms with Crippen LogP contribution in [0.15, 0.2) is 24.5 Å². The van der Waals surface area contributed by atoms with Crippen molar-refractivity contribution in [3.05, 3.63) is 34.6 Å². The van der Waals surface area contributed by atoms with Crippen LogP contribution in [0.2, 0.25) is 0 Å². The van der Waals surface area contributed by atoms with Gasteiger partial charge < -0.3 is 10.0 Å². The van der Waals surface area contributed by atoms with E-state index in [-0.39, 0.29) is 24.7 Å². The second kappa shape index (κ2) is 6.35. The molecule has 0 spiro atoms. The molecule has 1 aromatic heterocycles. The average Bonchev–Trinajstić information content (AvgIpc) is 2.45. The summed E-state index contributed by atoms with van der Waals surface area (Å²) in [6, 6.07) is 3.95. The van der Waals surface area contributed by atoms with Crippen molar-refractivity contribution in [3.63, 3.8) is 0 Å². The molecule has 0 saturated heterocycles. The molecule has 1 aromatic carbocycles. The summed E-state index contributed by atoms with van der Waals surface area (Å²) in [6.45, 7) is -1.03. The lowest BCUT2D eigenvalue weighted by Gasteiger charge is -2.23. The van der Waals surface area contributed by atoms with Crippen LogP contribution >= 0.6 is 0 Å². The van der Waals surface area contributed by atoms with Gasteiger partial charge in [-0.25, -0.2) is 18.7 Å². The number of benzene rings is 1. The quantitative estimate of drug-likeness (QED) is 0.643. The van der Waals surface area contributed by atoms with Gasteiger partial charge in [0, 0.05) is 24.1 Å². The summed E-state index contributed by atoms with van der Waals surface area (Å²) in [5.74, 6) is 0.137. The van der Waals surface area contributed by atoms with Crippen LogP contribution in [-0.2, 0) is 0 Å². The Morgan fingerprint density at radius 1 is 1.38 bits per heavy atom. The molecule has 0 unspecified atom stereocenters. The minimum absolute atomic E-state index is 0.0564. The van der Waals surface area contributed by atoms with E-state index in [4.69, 9.17) is 5.11 Å². The van der Waals surface area contributed by atoms with Crippen molar-refractivity contribution < 1.29 is 18.8 Å². The molecule has 2 aromatic rings. The number of anilines is 1. The Bertz CT molecular complexity index is 653. The zero-order valence-corrected chi connectivity index (χ0v) is 10.8. The number of nitrogens with zero attached hydrogens (tertiary/aromatic N) is 4. The predicted molar refractivity (Wildman–Crippen MR) is 71.5 cm³/mol. The summed E-state index contributed by atoms with van der Waals surface area (Å²) in [7, 11) is 0. The lowest BCUT2D eigenvalue weighted by Crippen LogP contribution is -2.32. The van der Waals surface area contributed by atoms with E-state index in [2.05, 4.69) is 9.97 Å². The molecular weight excluding hydrogens is 286 g/mol. The fourth-order valence-corrected chi connectivity index (χ4v) is 1.97. The first-order valence-corrected chi connectivity index (χ1v) is 6.06. The van der Waals surface area contributed by atoms with Gasteiger partial charge in [-0.1, -0.05) is 0 Å². The highest BCUT2D eigenvalue weighted by atomic mass is 19.3. The minimum atomic E-state index is -2.62. The predicted octanol–water partition coefficient (Wildman–Crippen LogP) is 1.60. The molecule has 0 aliphatic rings. The molecule has 0 aliphatic heterocycles. The molecule has 0 radical (unpaired) electrons. The zero-order chi connectivity index (χ0) is 15.4. The van der Waals surface area contributed by atoms with E-state index in [9.17, 15) is 18.9 Å². The van der Waals surface area contributed by atoms with Gasteiger partial charge in [-0.15, -0.1) is 0 Å². The van der Waals surface area contributed by atoms with Gasteiger partial charge in [0.1, 0.15) is 12.1 Å². The topological polar surface area (TPSA) is 92.4 Å². The van der Waals surface area contributed by atoms with Crippen LogP contribution in [0.4, 0.5) is 20.3 Å². The molecular formula is C12H12F2N4O3. The molecule has 9 heteroatoms. The Hall–Kier alpha value is -2.42. The van der Waals surface area contributed by atoms with Crippen molar-refractivity contribution in [3.8, 4) is 0 Å². The monoisotopic (exact) mass is 298 g/mol. The number of nitro groups is 1. The normalized spacial score (nSPS) is 11.0. The number of rotatable bonds is 6. The number of hydrogen-bond acceptors (Lipinski definition) is 6. The Balaban J connectivity index is 2.54. The zero-order valence-electron chi connectivity index (χ0n) is 10.8. The number of aromatic nitrogens is 2. The van der Waals surface area contributed by atoms with E-state index in [0.717, 1.165) is 0 Å². The van der Waals surface area contributed by atoms with Gasteiger partial charge in [-0.05, 0) is 6.07 Å². The molecule has 2 rings (SSSR count). The lowest BCUT2D eigenvalue weighted by molar-refractivity contribution is -0.384. The maximum atomic E-state index is 12.6. The van der Waals surface area contributed by atoms with Crippen molar-refractivity contribution in [2.24, 2.45) is 0 Å². The van der Waals surface area contributed by atoms with Gasteiger partial charge in [-0.3, -0.25) is 10.1 Å². The van der Waals surface area contributed by atoms with Gasteiger partial charge in [0.25, 0.3) is 12.1 Å². The third kappa shape index (κ3) is 3.37. The van der Waals surface area contributed by atoms with Crippen LogP contribution < -0.4 is 4.90 Å². The van der Waals surface area contributed by atoms with Gasteiger partial charge in [0.05, 0.1) is 23.6 Å². The molecule has 21 heavy (non-hydrogen) atoms. The molecule has 0 saturated carbocycles.